The Bertz CT molecular complexity index is 1210. The third-order valence-electron chi connectivity index (χ3n) is 4.96. The SMILES string of the molecule is O=C1CC(c2ccsc2)c2c(c3ccccc3n(-c3ccccc3)c2=O)O1. The van der Waals surface area contributed by atoms with Gasteiger partial charge in [0.1, 0.15) is 5.75 Å². The Kier molecular flexibility index (Phi) is 3.69. The quantitative estimate of drug-likeness (QED) is 0.486. The third-order valence-corrected chi connectivity index (χ3v) is 5.66. The maximum Gasteiger partial charge on any atom is 0.312 e. The van der Waals surface area contributed by atoms with E-state index in [1.165, 1.54) is 0 Å². The number of carbonyl (C=O) groups is 1. The summed E-state index contributed by atoms with van der Waals surface area (Å²) in [4.78, 5) is 25.9. The molecule has 0 saturated carbocycles. The Balaban J connectivity index is 1.91. The summed E-state index contributed by atoms with van der Waals surface area (Å²) in [7, 11) is 0. The van der Waals surface area contributed by atoms with Crippen LogP contribution in [-0.4, -0.2) is 10.5 Å². The van der Waals surface area contributed by atoms with Crippen molar-refractivity contribution in [1.29, 1.82) is 0 Å². The van der Waals surface area contributed by atoms with Gasteiger partial charge in [0.15, 0.2) is 0 Å². The molecule has 1 aliphatic heterocycles. The number of pyridine rings is 1. The minimum atomic E-state index is -0.305. The number of hydrogen-bond donors (Lipinski definition) is 0. The molecule has 1 atom stereocenters. The molecule has 132 valence electrons. The summed E-state index contributed by atoms with van der Waals surface area (Å²) in [5, 5.41) is 4.73. The van der Waals surface area contributed by atoms with Gasteiger partial charge in [0.05, 0.1) is 17.5 Å². The van der Waals surface area contributed by atoms with Gasteiger partial charge in [-0.2, -0.15) is 11.3 Å². The van der Waals surface area contributed by atoms with Crippen molar-refractivity contribution in [3.63, 3.8) is 0 Å². The maximum atomic E-state index is 13.6. The van der Waals surface area contributed by atoms with Gasteiger partial charge in [0.2, 0.25) is 0 Å². The van der Waals surface area contributed by atoms with E-state index in [-0.39, 0.29) is 23.9 Å². The van der Waals surface area contributed by atoms with Crippen LogP contribution < -0.4 is 10.3 Å². The lowest BCUT2D eigenvalue weighted by atomic mass is 9.87. The number of aromatic nitrogens is 1. The fraction of sp³-hybridized carbons (Fsp3) is 0.0909. The van der Waals surface area contributed by atoms with Crippen molar-refractivity contribution in [3.05, 3.63) is 92.9 Å². The minimum absolute atomic E-state index is 0.140. The van der Waals surface area contributed by atoms with E-state index in [4.69, 9.17) is 4.74 Å². The fourth-order valence-corrected chi connectivity index (χ4v) is 4.48. The number of hydrogen-bond acceptors (Lipinski definition) is 4. The molecule has 4 nitrogen and oxygen atoms in total. The van der Waals surface area contributed by atoms with Crippen molar-refractivity contribution < 1.29 is 9.53 Å². The van der Waals surface area contributed by atoms with Crippen LogP contribution >= 0.6 is 11.3 Å². The summed E-state index contributed by atoms with van der Waals surface area (Å²) in [5.74, 6) is -0.199. The molecule has 0 aliphatic carbocycles. The highest BCUT2D eigenvalue weighted by atomic mass is 32.1. The molecule has 0 bridgehead atoms. The standard InChI is InChI=1S/C22H15NO3S/c24-19-12-17(14-10-11-27-13-14)20-21(26-19)16-8-4-5-9-18(16)23(22(20)25)15-6-2-1-3-7-15/h1-11,13,17H,12H2. The summed E-state index contributed by atoms with van der Waals surface area (Å²) in [6, 6.07) is 19.1. The van der Waals surface area contributed by atoms with Crippen LogP contribution in [0.1, 0.15) is 23.5 Å². The summed E-state index contributed by atoms with van der Waals surface area (Å²) < 4.78 is 7.31. The second kappa shape index (κ2) is 6.21. The summed E-state index contributed by atoms with van der Waals surface area (Å²) >= 11 is 1.56. The van der Waals surface area contributed by atoms with Gasteiger partial charge < -0.3 is 4.74 Å². The molecule has 0 radical (unpaired) electrons. The van der Waals surface area contributed by atoms with Crippen molar-refractivity contribution in [1.82, 2.24) is 4.57 Å². The Labute approximate surface area is 159 Å². The van der Waals surface area contributed by atoms with Crippen LogP contribution in [0.4, 0.5) is 0 Å². The van der Waals surface area contributed by atoms with Crippen LogP contribution in [0.15, 0.2) is 76.2 Å². The van der Waals surface area contributed by atoms with Crippen LogP contribution in [0.3, 0.4) is 0 Å². The molecule has 0 amide bonds. The van der Waals surface area contributed by atoms with Crippen LogP contribution in [0.5, 0.6) is 5.75 Å². The maximum absolute atomic E-state index is 13.6. The minimum Gasteiger partial charge on any atom is -0.425 e. The molecule has 1 unspecified atom stereocenters. The molecule has 0 N–H and O–H groups in total. The summed E-state index contributed by atoms with van der Waals surface area (Å²) in [5.41, 5.74) is 2.91. The van der Waals surface area contributed by atoms with Crippen LogP contribution in [0.2, 0.25) is 0 Å². The van der Waals surface area contributed by atoms with Crippen molar-refractivity contribution in [3.8, 4) is 11.4 Å². The van der Waals surface area contributed by atoms with Gasteiger partial charge in [0, 0.05) is 17.0 Å². The molecular weight excluding hydrogens is 358 g/mol. The van der Waals surface area contributed by atoms with Gasteiger partial charge in [-0.3, -0.25) is 14.2 Å². The van der Waals surface area contributed by atoms with Crippen LogP contribution in [-0.2, 0) is 4.79 Å². The van der Waals surface area contributed by atoms with Crippen LogP contribution in [0, 0.1) is 0 Å². The zero-order valence-corrected chi connectivity index (χ0v) is 15.1. The topological polar surface area (TPSA) is 48.3 Å². The van der Waals surface area contributed by atoms with Gasteiger partial charge in [-0.05, 0) is 46.7 Å². The normalized spacial score (nSPS) is 16.1. The second-order valence-corrected chi connectivity index (χ2v) is 7.30. The molecule has 3 heterocycles. The Morgan fingerprint density at radius 2 is 1.74 bits per heavy atom. The summed E-state index contributed by atoms with van der Waals surface area (Å²) in [6.45, 7) is 0. The smallest absolute Gasteiger partial charge is 0.312 e. The average Bonchev–Trinajstić information content (AvgIpc) is 3.23. The predicted octanol–water partition coefficient (Wildman–Crippen LogP) is 4.49. The van der Waals surface area contributed by atoms with Crippen molar-refractivity contribution in [2.45, 2.75) is 12.3 Å². The summed E-state index contributed by atoms with van der Waals surface area (Å²) in [6.07, 6.45) is 0.173. The Morgan fingerprint density at radius 3 is 2.52 bits per heavy atom. The number of ether oxygens (including phenoxy) is 1. The molecule has 5 rings (SSSR count). The number of rotatable bonds is 2. The number of para-hydroxylation sites is 2. The van der Waals surface area contributed by atoms with Crippen molar-refractivity contribution in [2.75, 3.05) is 0 Å². The first-order chi connectivity index (χ1) is 13.2. The number of carbonyl (C=O) groups excluding carboxylic acids is 1. The molecular formula is C22H15NO3S. The van der Waals surface area contributed by atoms with Gasteiger partial charge in [-0.1, -0.05) is 30.3 Å². The van der Waals surface area contributed by atoms with Crippen molar-refractivity contribution >= 4 is 28.2 Å². The van der Waals surface area contributed by atoms with Gasteiger partial charge >= 0.3 is 5.97 Å². The number of thiophene rings is 1. The zero-order valence-electron chi connectivity index (χ0n) is 14.3. The first-order valence-corrected chi connectivity index (χ1v) is 9.64. The number of nitrogens with zero attached hydrogens (tertiary/aromatic N) is 1. The Hall–Kier alpha value is -3.18. The lowest BCUT2D eigenvalue weighted by Gasteiger charge is -2.26. The molecule has 1 aliphatic rings. The number of esters is 1. The van der Waals surface area contributed by atoms with E-state index in [2.05, 4.69) is 0 Å². The molecule has 0 saturated heterocycles. The van der Waals surface area contributed by atoms with Gasteiger partial charge in [-0.15, -0.1) is 0 Å². The first kappa shape index (κ1) is 16.0. The lowest BCUT2D eigenvalue weighted by molar-refractivity contribution is -0.135. The highest BCUT2D eigenvalue weighted by Gasteiger charge is 2.34. The van der Waals surface area contributed by atoms with E-state index in [0.717, 1.165) is 22.2 Å². The van der Waals surface area contributed by atoms with E-state index in [0.29, 0.717) is 11.3 Å². The monoisotopic (exact) mass is 373 g/mol. The third kappa shape index (κ3) is 2.51. The van der Waals surface area contributed by atoms with E-state index in [9.17, 15) is 9.59 Å². The van der Waals surface area contributed by atoms with Crippen LogP contribution in [0.25, 0.3) is 16.6 Å². The molecule has 4 aromatic rings. The first-order valence-electron chi connectivity index (χ1n) is 8.70. The zero-order chi connectivity index (χ0) is 18.4. The molecule has 5 heteroatoms. The number of fused-ring (bicyclic) bond motifs is 3. The van der Waals surface area contributed by atoms with Gasteiger partial charge in [-0.25, -0.2) is 0 Å². The van der Waals surface area contributed by atoms with E-state index < -0.39 is 0 Å². The lowest BCUT2D eigenvalue weighted by Crippen LogP contribution is -2.31. The second-order valence-electron chi connectivity index (χ2n) is 6.52. The fourth-order valence-electron chi connectivity index (χ4n) is 3.77. The average molecular weight is 373 g/mol. The van der Waals surface area contributed by atoms with E-state index >= 15 is 0 Å². The molecule has 0 spiro atoms. The van der Waals surface area contributed by atoms with E-state index in [1.54, 1.807) is 15.9 Å². The van der Waals surface area contributed by atoms with Gasteiger partial charge in [0.25, 0.3) is 5.56 Å². The largest absolute Gasteiger partial charge is 0.425 e. The predicted molar refractivity (Wildman–Crippen MR) is 106 cm³/mol. The molecule has 2 aromatic heterocycles. The number of benzene rings is 2. The molecule has 0 fully saturated rings. The molecule has 2 aromatic carbocycles. The Morgan fingerprint density at radius 1 is 0.963 bits per heavy atom. The highest BCUT2D eigenvalue weighted by molar-refractivity contribution is 7.08. The van der Waals surface area contributed by atoms with Crippen molar-refractivity contribution in [2.24, 2.45) is 0 Å². The molecule has 27 heavy (non-hydrogen) atoms. The van der Waals surface area contributed by atoms with E-state index in [1.807, 2.05) is 71.4 Å². The highest BCUT2D eigenvalue weighted by Crippen LogP contribution is 2.41.